The fourth-order valence-electron chi connectivity index (χ4n) is 2.55. The Morgan fingerprint density at radius 3 is 2.67 bits per heavy atom. The van der Waals surface area contributed by atoms with Crippen molar-refractivity contribution in [1.82, 2.24) is 20.2 Å². The van der Waals surface area contributed by atoms with E-state index in [-0.39, 0.29) is 5.91 Å². The van der Waals surface area contributed by atoms with Gasteiger partial charge >= 0.3 is 0 Å². The number of hydrogen-bond donors (Lipinski definition) is 3. The molecule has 1 amide bonds. The van der Waals surface area contributed by atoms with E-state index in [1.54, 1.807) is 28.9 Å². The maximum atomic E-state index is 12.1. The fraction of sp³-hybridized carbons (Fsp3) is 0.167. The Hall–Kier alpha value is -3.10. The summed E-state index contributed by atoms with van der Waals surface area (Å²) in [4.78, 5) is 21.1. The van der Waals surface area contributed by atoms with Crippen molar-refractivity contribution < 1.29 is 9.63 Å². The van der Waals surface area contributed by atoms with E-state index in [9.17, 15) is 4.79 Å². The van der Waals surface area contributed by atoms with E-state index >= 15 is 0 Å². The van der Waals surface area contributed by atoms with Crippen molar-refractivity contribution in [2.75, 3.05) is 17.7 Å². The number of hydrogen-bond acceptors (Lipinski definition) is 6. The molecule has 8 nitrogen and oxygen atoms in total. The number of rotatable bonds is 6. The van der Waals surface area contributed by atoms with Gasteiger partial charge in [-0.25, -0.2) is 10.5 Å². The van der Waals surface area contributed by atoms with Gasteiger partial charge in [-0.1, -0.05) is 23.7 Å². The molecule has 0 spiro atoms. The number of anilines is 4. The molecule has 0 saturated carbocycles. The van der Waals surface area contributed by atoms with Crippen molar-refractivity contribution in [2.45, 2.75) is 6.92 Å². The van der Waals surface area contributed by atoms with E-state index in [1.807, 2.05) is 26.2 Å². The lowest BCUT2D eigenvalue weighted by molar-refractivity contribution is 0.0538. The SMILES string of the molecule is CONC(=O)c1ccccc1Nc1cc(Nc2cn(C)nc2C)ncc1Cl. The van der Waals surface area contributed by atoms with E-state index in [2.05, 4.69) is 26.2 Å². The molecule has 1 aromatic carbocycles. The summed E-state index contributed by atoms with van der Waals surface area (Å²) in [5.41, 5.74) is 5.62. The van der Waals surface area contributed by atoms with Crippen LogP contribution >= 0.6 is 11.6 Å². The van der Waals surface area contributed by atoms with Gasteiger partial charge in [0.2, 0.25) is 0 Å². The summed E-state index contributed by atoms with van der Waals surface area (Å²) in [6, 6.07) is 8.81. The lowest BCUT2D eigenvalue weighted by Gasteiger charge is -2.14. The summed E-state index contributed by atoms with van der Waals surface area (Å²) in [5.74, 6) is 0.229. The molecule has 3 aromatic rings. The van der Waals surface area contributed by atoms with Gasteiger partial charge in [0, 0.05) is 19.3 Å². The standard InChI is InChI=1S/C18H19ClN6O2/c1-11-16(10-25(2)23-11)22-17-8-15(13(19)9-20-17)21-14-7-5-4-6-12(14)18(26)24-27-3/h4-10H,1-3H3,(H,24,26)(H2,20,21,22). The maximum absolute atomic E-state index is 12.1. The Morgan fingerprint density at radius 1 is 1.19 bits per heavy atom. The molecule has 0 aliphatic carbocycles. The van der Waals surface area contributed by atoms with E-state index in [1.165, 1.54) is 13.3 Å². The number of aryl methyl sites for hydroxylation is 2. The van der Waals surface area contributed by atoms with Gasteiger partial charge in [-0.05, 0) is 19.1 Å². The number of amides is 1. The monoisotopic (exact) mass is 386 g/mol. The van der Waals surface area contributed by atoms with Gasteiger partial charge in [-0.15, -0.1) is 0 Å². The summed E-state index contributed by atoms with van der Waals surface area (Å²) in [7, 11) is 3.23. The first-order valence-corrected chi connectivity index (χ1v) is 8.48. The second kappa shape index (κ2) is 8.07. The molecule has 0 aliphatic heterocycles. The van der Waals surface area contributed by atoms with Crippen LogP contribution < -0.4 is 16.1 Å². The first-order valence-electron chi connectivity index (χ1n) is 8.10. The molecule has 0 fully saturated rings. The van der Waals surface area contributed by atoms with Crippen molar-refractivity contribution in [1.29, 1.82) is 0 Å². The van der Waals surface area contributed by atoms with E-state index in [0.29, 0.717) is 27.8 Å². The zero-order chi connectivity index (χ0) is 19.4. The first-order chi connectivity index (χ1) is 13.0. The van der Waals surface area contributed by atoms with Crippen LogP contribution in [-0.4, -0.2) is 27.8 Å². The average molecular weight is 387 g/mol. The van der Waals surface area contributed by atoms with Crippen LogP contribution in [0.3, 0.4) is 0 Å². The van der Waals surface area contributed by atoms with Crippen LogP contribution in [0.1, 0.15) is 16.1 Å². The highest BCUT2D eigenvalue weighted by Crippen LogP contribution is 2.30. The highest BCUT2D eigenvalue weighted by atomic mass is 35.5. The minimum Gasteiger partial charge on any atom is -0.353 e. The molecule has 0 radical (unpaired) electrons. The van der Waals surface area contributed by atoms with Gasteiger partial charge in [0.1, 0.15) is 5.82 Å². The summed E-state index contributed by atoms with van der Waals surface area (Å²) in [5, 5.41) is 11.1. The third-order valence-corrected chi connectivity index (χ3v) is 4.07. The molecule has 0 aliphatic rings. The highest BCUT2D eigenvalue weighted by molar-refractivity contribution is 6.33. The van der Waals surface area contributed by atoms with Gasteiger partial charge in [-0.2, -0.15) is 5.10 Å². The van der Waals surface area contributed by atoms with E-state index in [0.717, 1.165) is 11.4 Å². The van der Waals surface area contributed by atoms with Gasteiger partial charge in [0.05, 0.1) is 46.6 Å². The van der Waals surface area contributed by atoms with Crippen LogP contribution in [0.4, 0.5) is 22.9 Å². The number of nitrogens with one attached hydrogen (secondary N) is 3. The molecule has 2 heterocycles. The molecule has 0 unspecified atom stereocenters. The van der Waals surface area contributed by atoms with Crippen LogP contribution in [-0.2, 0) is 11.9 Å². The number of pyridine rings is 1. The summed E-state index contributed by atoms with van der Waals surface area (Å²) in [6.45, 7) is 1.90. The molecular weight excluding hydrogens is 368 g/mol. The summed E-state index contributed by atoms with van der Waals surface area (Å²) in [6.07, 6.45) is 3.40. The van der Waals surface area contributed by atoms with Crippen molar-refractivity contribution in [3.8, 4) is 0 Å². The second-order valence-corrected chi connectivity index (χ2v) is 6.19. The molecule has 0 saturated heterocycles. The first kappa shape index (κ1) is 18.7. The fourth-order valence-corrected chi connectivity index (χ4v) is 2.70. The van der Waals surface area contributed by atoms with Crippen LogP contribution in [0, 0.1) is 6.92 Å². The maximum Gasteiger partial charge on any atom is 0.276 e. The number of carbonyl (C=O) groups excluding carboxylic acids is 1. The van der Waals surface area contributed by atoms with E-state index < -0.39 is 0 Å². The number of para-hydroxylation sites is 1. The largest absolute Gasteiger partial charge is 0.353 e. The molecular formula is C18H19ClN6O2. The quantitative estimate of drug-likeness (QED) is 0.561. The molecule has 2 aromatic heterocycles. The zero-order valence-corrected chi connectivity index (χ0v) is 15.8. The predicted octanol–water partition coefficient (Wildman–Crippen LogP) is 3.56. The predicted molar refractivity (Wildman–Crippen MR) is 105 cm³/mol. The lowest BCUT2D eigenvalue weighted by Crippen LogP contribution is -2.22. The number of aromatic nitrogens is 3. The third kappa shape index (κ3) is 4.36. The van der Waals surface area contributed by atoms with Gasteiger partial charge in [-0.3, -0.25) is 14.3 Å². The summed E-state index contributed by atoms with van der Waals surface area (Å²) < 4.78 is 1.72. The minimum absolute atomic E-state index is 0.366. The highest BCUT2D eigenvalue weighted by Gasteiger charge is 2.13. The number of hydroxylamine groups is 1. The third-order valence-electron chi connectivity index (χ3n) is 3.77. The Morgan fingerprint density at radius 2 is 1.96 bits per heavy atom. The second-order valence-electron chi connectivity index (χ2n) is 5.78. The number of nitrogens with zero attached hydrogens (tertiary/aromatic N) is 3. The van der Waals surface area contributed by atoms with Gasteiger partial charge in [0.15, 0.2) is 0 Å². The molecule has 27 heavy (non-hydrogen) atoms. The molecule has 0 atom stereocenters. The van der Waals surface area contributed by atoms with E-state index in [4.69, 9.17) is 16.4 Å². The zero-order valence-electron chi connectivity index (χ0n) is 15.1. The van der Waals surface area contributed by atoms with Crippen molar-refractivity contribution in [3.05, 3.63) is 59.0 Å². The van der Waals surface area contributed by atoms with Crippen molar-refractivity contribution in [2.24, 2.45) is 7.05 Å². The normalized spacial score (nSPS) is 10.5. The topological polar surface area (TPSA) is 93.1 Å². The number of halogens is 1. The smallest absolute Gasteiger partial charge is 0.276 e. The molecule has 140 valence electrons. The Labute approximate surface area is 161 Å². The molecule has 0 bridgehead atoms. The van der Waals surface area contributed by atoms with Crippen LogP contribution in [0.25, 0.3) is 0 Å². The van der Waals surface area contributed by atoms with Crippen LogP contribution in [0.15, 0.2) is 42.7 Å². The Bertz CT molecular complexity index is 972. The van der Waals surface area contributed by atoms with Crippen LogP contribution in [0.2, 0.25) is 5.02 Å². The summed E-state index contributed by atoms with van der Waals surface area (Å²) >= 11 is 6.28. The molecule has 9 heteroatoms. The number of benzene rings is 1. The number of carbonyl (C=O) groups is 1. The Kier molecular flexibility index (Phi) is 5.58. The minimum atomic E-state index is -0.366. The van der Waals surface area contributed by atoms with Crippen LogP contribution in [0.5, 0.6) is 0 Å². The molecule has 3 N–H and O–H groups in total. The van der Waals surface area contributed by atoms with Gasteiger partial charge < -0.3 is 10.6 Å². The lowest BCUT2D eigenvalue weighted by atomic mass is 10.1. The van der Waals surface area contributed by atoms with Gasteiger partial charge in [0.25, 0.3) is 5.91 Å². The average Bonchev–Trinajstić information content (AvgIpc) is 2.95. The van der Waals surface area contributed by atoms with Crippen molar-refractivity contribution >= 4 is 40.4 Å². The molecule has 3 rings (SSSR count). The van der Waals surface area contributed by atoms with Crippen molar-refractivity contribution in [3.63, 3.8) is 0 Å². The Balaban J connectivity index is 1.88.